The van der Waals surface area contributed by atoms with Gasteiger partial charge in [0.1, 0.15) is 0 Å². The van der Waals surface area contributed by atoms with Gasteiger partial charge in [0.15, 0.2) is 0 Å². The molecule has 0 spiro atoms. The first-order chi connectivity index (χ1) is 27.4. The lowest BCUT2D eigenvalue weighted by atomic mass is 9.76. The Morgan fingerprint density at radius 1 is 0.509 bits per heavy atom. The van der Waals surface area contributed by atoms with Crippen LogP contribution >= 0.6 is 0 Å². The van der Waals surface area contributed by atoms with Crippen LogP contribution in [0.15, 0.2) is 72.9 Å². The van der Waals surface area contributed by atoms with Crippen molar-refractivity contribution in [3.05, 3.63) is 72.9 Å². The third kappa shape index (κ3) is 9.36. The Hall–Kier alpha value is -1.56. The van der Waals surface area contributed by atoms with Crippen LogP contribution in [0.3, 0.4) is 0 Å². The van der Waals surface area contributed by atoms with E-state index in [1.807, 2.05) is 0 Å². The summed E-state index contributed by atoms with van der Waals surface area (Å²) < 4.78 is 0. The molecule has 316 valence electrons. The molecule has 0 radical (unpaired) electrons. The van der Waals surface area contributed by atoms with Crippen molar-refractivity contribution in [2.45, 2.75) is 165 Å². The Kier molecular flexibility index (Phi) is 13.2. The first kappa shape index (κ1) is 42.1. The minimum absolute atomic E-state index is 0.624. The first-order valence-corrected chi connectivity index (χ1v) is 25.5. The smallest absolute Gasteiger partial charge is 0.0174 e. The SMILES string of the molecule is C1=CC2CC1C1CCCC21.CC(C)C1CC2C=CC1C2.CC1(C)CC2C=CC1C2.CC1CC2C=CC1C2.CCC1(C)CC2C=CC1C2.CCCC1CC2C=CC1C2. The van der Waals surface area contributed by atoms with Crippen LogP contribution in [0, 0.1) is 117 Å². The molecule has 7 saturated carbocycles. The summed E-state index contributed by atoms with van der Waals surface area (Å²) in [6, 6.07) is 0. The van der Waals surface area contributed by atoms with E-state index in [0.29, 0.717) is 10.8 Å². The summed E-state index contributed by atoms with van der Waals surface area (Å²) in [5, 5.41) is 0. The maximum atomic E-state index is 2.48. The molecule has 13 aliphatic carbocycles. The van der Waals surface area contributed by atoms with Gasteiger partial charge in [0.2, 0.25) is 0 Å². The molecule has 0 heteroatoms. The van der Waals surface area contributed by atoms with Crippen LogP contribution < -0.4 is 0 Å². The second kappa shape index (κ2) is 17.8. The minimum atomic E-state index is 0.624. The summed E-state index contributed by atoms with van der Waals surface area (Å²) in [6.45, 7) is 18.9. The fraction of sp³-hybridized carbons (Fsp3) is 0.789. The van der Waals surface area contributed by atoms with E-state index in [4.69, 9.17) is 0 Å². The highest BCUT2D eigenvalue weighted by Crippen LogP contribution is 2.56. The van der Waals surface area contributed by atoms with Crippen LogP contribution in [0.2, 0.25) is 0 Å². The maximum absolute atomic E-state index is 2.48. The van der Waals surface area contributed by atoms with Gasteiger partial charge >= 0.3 is 0 Å². The lowest BCUT2D eigenvalue weighted by molar-refractivity contribution is 0.251. The zero-order valence-electron chi connectivity index (χ0n) is 38.3. The predicted molar refractivity (Wildman–Crippen MR) is 246 cm³/mol. The Morgan fingerprint density at radius 2 is 1.05 bits per heavy atom. The Labute approximate surface area is 353 Å². The molecular weight excluding hydrogens is 685 g/mol. The molecule has 0 aliphatic heterocycles. The summed E-state index contributed by atoms with van der Waals surface area (Å²) in [5.74, 6) is 17.7. The Bertz CT molecular complexity index is 1490. The van der Waals surface area contributed by atoms with Crippen molar-refractivity contribution in [3.8, 4) is 0 Å². The fourth-order valence-electron chi connectivity index (χ4n) is 15.6. The molecule has 18 atom stereocenters. The van der Waals surface area contributed by atoms with Gasteiger partial charge in [-0.15, -0.1) is 0 Å². The number of rotatable bonds is 4. The number of hydrogen-bond donors (Lipinski definition) is 0. The Morgan fingerprint density at radius 3 is 1.37 bits per heavy atom. The van der Waals surface area contributed by atoms with Gasteiger partial charge in [-0.05, 0) is 201 Å². The molecule has 0 heterocycles. The van der Waals surface area contributed by atoms with Crippen LogP contribution in [-0.4, -0.2) is 0 Å². The van der Waals surface area contributed by atoms with Gasteiger partial charge in [0, 0.05) is 0 Å². The van der Waals surface area contributed by atoms with Crippen LogP contribution in [0.1, 0.15) is 165 Å². The summed E-state index contributed by atoms with van der Waals surface area (Å²) in [6.07, 6.45) is 54.1. The molecule has 0 aromatic rings. The fourth-order valence-corrected chi connectivity index (χ4v) is 15.6. The highest BCUT2D eigenvalue weighted by atomic mass is 14.5. The maximum Gasteiger partial charge on any atom is -0.0174 e. The molecule has 13 rings (SSSR count). The molecule has 12 bridgehead atoms. The van der Waals surface area contributed by atoms with E-state index < -0.39 is 0 Å². The number of allylic oxidation sites excluding steroid dienone is 12. The number of fused-ring (bicyclic) bond motifs is 15. The lowest BCUT2D eigenvalue weighted by Gasteiger charge is -2.29. The molecule has 0 saturated heterocycles. The van der Waals surface area contributed by atoms with Gasteiger partial charge in [-0.3, -0.25) is 0 Å². The van der Waals surface area contributed by atoms with E-state index in [2.05, 4.69) is 128 Å². The molecule has 7 fully saturated rings. The minimum Gasteiger partial charge on any atom is -0.0851 e. The second-order valence-corrected chi connectivity index (χ2v) is 23.9. The zero-order chi connectivity index (χ0) is 39.9. The van der Waals surface area contributed by atoms with Crippen molar-refractivity contribution in [1.82, 2.24) is 0 Å². The topological polar surface area (TPSA) is 0 Å². The quantitative estimate of drug-likeness (QED) is 0.250. The van der Waals surface area contributed by atoms with E-state index in [9.17, 15) is 0 Å². The molecule has 0 aromatic heterocycles. The van der Waals surface area contributed by atoms with Crippen LogP contribution in [-0.2, 0) is 0 Å². The molecule has 57 heavy (non-hydrogen) atoms. The van der Waals surface area contributed by atoms with E-state index in [1.165, 1.54) is 109 Å². The monoisotopic (exact) mass is 773 g/mol. The first-order valence-electron chi connectivity index (χ1n) is 25.5. The third-order valence-electron chi connectivity index (χ3n) is 19.3. The van der Waals surface area contributed by atoms with Crippen LogP contribution in [0.25, 0.3) is 0 Å². The predicted octanol–water partition coefficient (Wildman–Crippen LogP) is 16.3. The van der Waals surface area contributed by atoms with Gasteiger partial charge in [0.05, 0.1) is 0 Å². The van der Waals surface area contributed by atoms with Crippen molar-refractivity contribution in [1.29, 1.82) is 0 Å². The molecule has 13 aliphatic rings. The van der Waals surface area contributed by atoms with Crippen molar-refractivity contribution in [2.24, 2.45) is 117 Å². The second-order valence-electron chi connectivity index (χ2n) is 23.9. The normalized spacial score (nSPS) is 48.1. The van der Waals surface area contributed by atoms with Crippen molar-refractivity contribution in [3.63, 3.8) is 0 Å². The molecular formula is C57H88. The number of hydrogen-bond acceptors (Lipinski definition) is 0. The summed E-state index contributed by atoms with van der Waals surface area (Å²) in [5.41, 5.74) is 1.29. The largest absolute Gasteiger partial charge is 0.0851 e. The van der Waals surface area contributed by atoms with Crippen molar-refractivity contribution < 1.29 is 0 Å². The van der Waals surface area contributed by atoms with Crippen LogP contribution in [0.5, 0.6) is 0 Å². The van der Waals surface area contributed by atoms with Gasteiger partial charge < -0.3 is 0 Å². The molecule has 18 unspecified atom stereocenters. The van der Waals surface area contributed by atoms with E-state index >= 15 is 0 Å². The van der Waals surface area contributed by atoms with Gasteiger partial charge in [-0.2, -0.15) is 0 Å². The summed E-state index contributed by atoms with van der Waals surface area (Å²) >= 11 is 0. The van der Waals surface area contributed by atoms with E-state index in [0.717, 1.165) is 107 Å². The lowest BCUT2D eigenvalue weighted by Crippen LogP contribution is -2.20. The van der Waals surface area contributed by atoms with Crippen molar-refractivity contribution in [2.75, 3.05) is 0 Å². The van der Waals surface area contributed by atoms with Gasteiger partial charge in [0.25, 0.3) is 0 Å². The van der Waals surface area contributed by atoms with Crippen molar-refractivity contribution >= 4 is 0 Å². The van der Waals surface area contributed by atoms with E-state index in [-0.39, 0.29) is 0 Å². The Balaban J connectivity index is 0.0000000960. The standard InChI is InChI=1S/C10H14.3C10H16.C9H14.C8H12/c1-2-9-7-4-5-8(6-7)10(9)3-1;1-7(2)10-6-8-3-4-9(10)5-8;1-3-10(2)7-8-4-5-9(10)6-8;1-2-3-9-6-8-4-5-10(9)7-8;1-9(2)6-7-3-4-8(9)5-7;1-6-4-7-2-3-8(6)5-7/h4-5,7-10H,1-3,6H2;3-4,7-10H,5-6H2,1-2H3;4-5,8-9H,3,6-7H2,1-2H3;4-5,8-10H,2-3,6-7H2,1H3;3-4,7-8H,5-6H2,1-2H3;2-3,6-8H,4-5H2,1H3. The van der Waals surface area contributed by atoms with E-state index in [1.54, 1.807) is 0 Å². The van der Waals surface area contributed by atoms with Crippen LogP contribution in [0.4, 0.5) is 0 Å². The highest BCUT2D eigenvalue weighted by molar-refractivity contribution is 5.16. The molecule has 0 N–H and O–H groups in total. The molecule has 0 amide bonds. The van der Waals surface area contributed by atoms with Gasteiger partial charge in [-0.25, -0.2) is 0 Å². The average Bonchev–Trinajstić information content (AvgIpc) is 4.03. The molecule has 0 aromatic carbocycles. The summed E-state index contributed by atoms with van der Waals surface area (Å²) in [4.78, 5) is 0. The molecule has 0 nitrogen and oxygen atoms in total. The van der Waals surface area contributed by atoms with Gasteiger partial charge in [-0.1, -0.05) is 154 Å². The summed E-state index contributed by atoms with van der Waals surface area (Å²) in [7, 11) is 0. The zero-order valence-corrected chi connectivity index (χ0v) is 38.3. The third-order valence-corrected chi connectivity index (χ3v) is 19.3. The average molecular weight is 773 g/mol. The highest BCUT2D eigenvalue weighted by Gasteiger charge is 2.46.